The van der Waals surface area contributed by atoms with Crippen molar-refractivity contribution in [2.45, 2.75) is 32.4 Å². The summed E-state index contributed by atoms with van der Waals surface area (Å²) in [6.45, 7) is 7.20. The molecule has 0 spiro atoms. The van der Waals surface area contributed by atoms with E-state index in [2.05, 4.69) is 15.5 Å². The summed E-state index contributed by atoms with van der Waals surface area (Å²) >= 11 is 0. The first-order valence-corrected chi connectivity index (χ1v) is 10.8. The number of nitrogens with one attached hydrogen (secondary N) is 2. The van der Waals surface area contributed by atoms with E-state index in [1.807, 2.05) is 50.2 Å². The molecule has 3 rings (SSSR count). The second-order valence-electron chi connectivity index (χ2n) is 7.91. The minimum absolute atomic E-state index is 0.0830. The Hall–Kier alpha value is -2.61. The van der Waals surface area contributed by atoms with E-state index in [4.69, 9.17) is 9.47 Å². The summed E-state index contributed by atoms with van der Waals surface area (Å²) in [7, 11) is 1.58. The molecule has 2 atom stereocenters. The lowest BCUT2D eigenvalue weighted by Crippen LogP contribution is -2.53. The lowest BCUT2D eigenvalue weighted by molar-refractivity contribution is -0.123. The van der Waals surface area contributed by atoms with Crippen LogP contribution in [-0.2, 0) is 4.79 Å². The molecular weight excluding hydrogens is 394 g/mol. The van der Waals surface area contributed by atoms with Crippen molar-refractivity contribution in [3.05, 3.63) is 53.6 Å². The number of amides is 1. The van der Waals surface area contributed by atoms with Crippen molar-refractivity contribution in [3.8, 4) is 11.5 Å². The summed E-state index contributed by atoms with van der Waals surface area (Å²) in [5.74, 6) is 1.08. The van der Waals surface area contributed by atoms with Gasteiger partial charge in [0.25, 0.3) is 0 Å². The van der Waals surface area contributed by atoms with Crippen LogP contribution in [-0.4, -0.2) is 68.0 Å². The Kier molecular flexibility index (Phi) is 8.28. The Morgan fingerprint density at radius 3 is 2.39 bits per heavy atom. The van der Waals surface area contributed by atoms with Gasteiger partial charge in [0.2, 0.25) is 5.91 Å². The molecule has 0 aromatic heterocycles. The fourth-order valence-corrected chi connectivity index (χ4v) is 3.88. The predicted octanol–water partition coefficient (Wildman–Crippen LogP) is 2.35. The van der Waals surface area contributed by atoms with Crippen LogP contribution in [0.3, 0.4) is 0 Å². The van der Waals surface area contributed by atoms with Crippen molar-refractivity contribution in [1.82, 2.24) is 10.2 Å². The van der Waals surface area contributed by atoms with Crippen LogP contribution in [0.4, 0.5) is 5.69 Å². The van der Waals surface area contributed by atoms with Crippen molar-refractivity contribution < 1.29 is 19.4 Å². The Bertz CT molecular complexity index is 847. The smallest absolute Gasteiger partial charge is 0.241 e. The van der Waals surface area contributed by atoms with Gasteiger partial charge in [-0.15, -0.1) is 0 Å². The van der Waals surface area contributed by atoms with Gasteiger partial charge in [0.1, 0.15) is 6.61 Å². The molecule has 2 aromatic rings. The third kappa shape index (κ3) is 6.19. The van der Waals surface area contributed by atoms with Crippen LogP contribution >= 0.6 is 0 Å². The van der Waals surface area contributed by atoms with Crippen LogP contribution in [0.15, 0.2) is 42.5 Å². The Morgan fingerprint density at radius 1 is 1.10 bits per heavy atom. The molecular formula is C24H33N3O4. The summed E-state index contributed by atoms with van der Waals surface area (Å²) in [6, 6.07) is 12.8. The Morgan fingerprint density at radius 2 is 1.74 bits per heavy atom. The number of carbonyl (C=O) groups excluding carboxylic acids is 1. The molecule has 7 nitrogen and oxygen atoms in total. The largest absolute Gasteiger partial charge is 0.493 e. The average Bonchev–Trinajstić information content (AvgIpc) is 2.79. The summed E-state index contributed by atoms with van der Waals surface area (Å²) in [5.41, 5.74) is 2.88. The molecule has 7 heteroatoms. The molecule has 0 bridgehead atoms. The van der Waals surface area contributed by atoms with E-state index in [0.717, 1.165) is 43.0 Å². The number of anilines is 1. The van der Waals surface area contributed by atoms with Crippen LogP contribution in [0.2, 0.25) is 0 Å². The highest BCUT2D eigenvalue weighted by molar-refractivity contribution is 5.96. The second-order valence-corrected chi connectivity index (χ2v) is 7.91. The maximum Gasteiger partial charge on any atom is 0.241 e. The third-order valence-electron chi connectivity index (χ3n) is 5.62. The van der Waals surface area contributed by atoms with E-state index >= 15 is 0 Å². The highest BCUT2D eigenvalue weighted by Crippen LogP contribution is 2.26. The van der Waals surface area contributed by atoms with Crippen LogP contribution in [0.1, 0.15) is 17.5 Å². The van der Waals surface area contributed by atoms with Crippen molar-refractivity contribution in [2.75, 3.05) is 45.2 Å². The first-order chi connectivity index (χ1) is 15.0. The number of nitrogens with zero attached hydrogens (tertiary/aromatic N) is 1. The number of hydrogen-bond acceptors (Lipinski definition) is 6. The highest BCUT2D eigenvalue weighted by atomic mass is 16.5. The van der Waals surface area contributed by atoms with Gasteiger partial charge in [-0.2, -0.15) is 0 Å². The number of aliphatic hydroxyl groups excluding tert-OH is 1. The Balaban J connectivity index is 1.68. The molecule has 2 aromatic carbocycles. The molecule has 1 aliphatic rings. The molecule has 1 amide bonds. The van der Waals surface area contributed by atoms with E-state index in [-0.39, 0.29) is 18.9 Å². The number of hydrogen-bond donors (Lipinski definition) is 3. The maximum atomic E-state index is 13.3. The third-order valence-corrected chi connectivity index (χ3v) is 5.62. The number of para-hydroxylation sites is 3. The molecule has 1 aliphatic heterocycles. The molecule has 0 aliphatic carbocycles. The number of aryl methyl sites for hydroxylation is 2. The van der Waals surface area contributed by atoms with E-state index in [0.29, 0.717) is 11.5 Å². The average molecular weight is 428 g/mol. The van der Waals surface area contributed by atoms with Gasteiger partial charge in [-0.1, -0.05) is 30.3 Å². The van der Waals surface area contributed by atoms with Crippen molar-refractivity contribution >= 4 is 11.6 Å². The van der Waals surface area contributed by atoms with Crippen molar-refractivity contribution in [3.63, 3.8) is 0 Å². The molecule has 0 radical (unpaired) electrons. The summed E-state index contributed by atoms with van der Waals surface area (Å²) in [6.07, 6.45) is -0.514. The van der Waals surface area contributed by atoms with E-state index in [9.17, 15) is 9.90 Å². The predicted molar refractivity (Wildman–Crippen MR) is 122 cm³/mol. The van der Waals surface area contributed by atoms with Gasteiger partial charge in [0, 0.05) is 38.3 Å². The number of ether oxygens (including phenoxy) is 2. The molecule has 2 unspecified atom stereocenters. The number of aliphatic hydroxyl groups is 1. The highest BCUT2D eigenvalue weighted by Gasteiger charge is 2.30. The fraction of sp³-hybridized carbons (Fsp3) is 0.458. The zero-order valence-corrected chi connectivity index (χ0v) is 18.6. The van der Waals surface area contributed by atoms with Crippen molar-refractivity contribution in [1.29, 1.82) is 0 Å². The topological polar surface area (TPSA) is 83.1 Å². The summed E-state index contributed by atoms with van der Waals surface area (Å²) in [5, 5.41) is 17.1. The molecule has 0 saturated carbocycles. The van der Waals surface area contributed by atoms with E-state index in [1.54, 1.807) is 13.2 Å². The van der Waals surface area contributed by atoms with E-state index in [1.165, 1.54) is 0 Å². The first-order valence-electron chi connectivity index (χ1n) is 10.8. The molecule has 1 heterocycles. The summed E-state index contributed by atoms with van der Waals surface area (Å²) < 4.78 is 11.1. The van der Waals surface area contributed by atoms with Gasteiger partial charge >= 0.3 is 0 Å². The molecule has 1 saturated heterocycles. The van der Waals surface area contributed by atoms with Gasteiger partial charge in [-0.3, -0.25) is 9.69 Å². The van der Waals surface area contributed by atoms with Crippen LogP contribution in [0, 0.1) is 13.8 Å². The summed E-state index contributed by atoms with van der Waals surface area (Å²) in [4.78, 5) is 15.4. The zero-order valence-electron chi connectivity index (χ0n) is 18.6. The number of benzene rings is 2. The van der Waals surface area contributed by atoms with Crippen molar-refractivity contribution in [2.24, 2.45) is 0 Å². The standard InChI is InChI=1S/C24H33N3O4/c1-17-7-6-8-18(2)23(17)26-24(29)20(27-13-11-25-12-14-27)15-19(28)16-31-22-10-5-4-9-21(22)30-3/h4-10,19-20,25,28H,11-16H2,1-3H3,(H,26,29). The van der Waals surface area contributed by atoms with Gasteiger partial charge in [0.15, 0.2) is 11.5 Å². The van der Waals surface area contributed by atoms with Crippen LogP contribution < -0.4 is 20.1 Å². The normalized spacial score (nSPS) is 16.4. The fourth-order valence-electron chi connectivity index (χ4n) is 3.88. The molecule has 3 N–H and O–H groups in total. The Labute approximate surface area is 184 Å². The minimum Gasteiger partial charge on any atom is -0.493 e. The van der Waals surface area contributed by atoms with Gasteiger partial charge in [-0.25, -0.2) is 0 Å². The quantitative estimate of drug-likeness (QED) is 0.570. The number of piperazine rings is 1. The van der Waals surface area contributed by atoms with Crippen LogP contribution in [0.5, 0.6) is 11.5 Å². The number of rotatable bonds is 9. The van der Waals surface area contributed by atoms with Gasteiger partial charge in [0.05, 0.1) is 19.3 Å². The lowest BCUT2D eigenvalue weighted by Gasteiger charge is -2.35. The number of methoxy groups -OCH3 is 1. The molecule has 31 heavy (non-hydrogen) atoms. The van der Waals surface area contributed by atoms with E-state index < -0.39 is 12.1 Å². The minimum atomic E-state index is -0.798. The maximum absolute atomic E-state index is 13.3. The van der Waals surface area contributed by atoms with Gasteiger partial charge < -0.3 is 25.2 Å². The SMILES string of the molecule is COc1ccccc1OCC(O)CC(C(=O)Nc1c(C)cccc1C)N1CCNCC1. The lowest BCUT2D eigenvalue weighted by atomic mass is 10.0. The molecule has 168 valence electrons. The zero-order chi connectivity index (χ0) is 22.2. The second kappa shape index (κ2) is 11.1. The monoisotopic (exact) mass is 427 g/mol. The van der Waals surface area contributed by atoms with Gasteiger partial charge in [-0.05, 0) is 37.1 Å². The van der Waals surface area contributed by atoms with Crippen LogP contribution in [0.25, 0.3) is 0 Å². The first kappa shape index (κ1) is 23.1. The molecule has 1 fully saturated rings. The number of carbonyl (C=O) groups is 1.